The SMILES string of the molecule is CCC(C)C(N)C(=O)NC(CC(=O)c1ccccc1NC=O)C(=O)O. The van der Waals surface area contributed by atoms with E-state index < -0.39 is 36.2 Å². The van der Waals surface area contributed by atoms with Gasteiger partial charge in [-0.3, -0.25) is 14.4 Å². The molecule has 0 spiro atoms. The fraction of sp³-hybridized carbons (Fsp3) is 0.412. The first-order valence-corrected chi connectivity index (χ1v) is 7.92. The number of hydrogen-bond acceptors (Lipinski definition) is 5. The number of amides is 2. The number of hydrogen-bond donors (Lipinski definition) is 4. The number of carbonyl (C=O) groups excluding carboxylic acids is 3. The number of Topliss-reactive ketones (excluding diaryl/α,β-unsaturated/α-hetero) is 1. The van der Waals surface area contributed by atoms with Crippen LogP contribution in [-0.2, 0) is 14.4 Å². The van der Waals surface area contributed by atoms with Crippen molar-refractivity contribution in [3.8, 4) is 0 Å². The second kappa shape index (κ2) is 9.53. The van der Waals surface area contributed by atoms with Gasteiger partial charge in [0.15, 0.2) is 5.78 Å². The van der Waals surface area contributed by atoms with Gasteiger partial charge in [0.05, 0.1) is 11.7 Å². The van der Waals surface area contributed by atoms with Crippen molar-refractivity contribution in [1.82, 2.24) is 5.32 Å². The normalized spacial score (nSPS) is 14.0. The standard InChI is InChI=1S/C17H23N3O5/c1-3-10(2)15(18)16(23)20-13(17(24)25)8-14(22)11-6-4-5-7-12(11)19-9-21/h4-7,9-10,13,15H,3,8,18H2,1-2H3,(H,19,21)(H,20,23)(H,24,25). The summed E-state index contributed by atoms with van der Waals surface area (Å²) in [5.41, 5.74) is 6.23. The van der Waals surface area contributed by atoms with Crippen molar-refractivity contribution < 1.29 is 24.3 Å². The summed E-state index contributed by atoms with van der Waals surface area (Å²) in [5, 5.41) is 14.0. The molecule has 0 radical (unpaired) electrons. The van der Waals surface area contributed by atoms with E-state index in [-0.39, 0.29) is 17.2 Å². The highest BCUT2D eigenvalue weighted by Crippen LogP contribution is 2.17. The lowest BCUT2D eigenvalue weighted by molar-refractivity contribution is -0.142. The minimum atomic E-state index is -1.40. The molecular weight excluding hydrogens is 326 g/mol. The summed E-state index contributed by atoms with van der Waals surface area (Å²) in [7, 11) is 0. The van der Waals surface area contributed by atoms with Gasteiger partial charge in [-0.1, -0.05) is 32.4 Å². The maximum absolute atomic E-state index is 12.4. The zero-order chi connectivity index (χ0) is 19.0. The average Bonchev–Trinajstić information content (AvgIpc) is 2.60. The van der Waals surface area contributed by atoms with Crippen LogP contribution < -0.4 is 16.4 Å². The molecule has 25 heavy (non-hydrogen) atoms. The summed E-state index contributed by atoms with van der Waals surface area (Å²) in [5.74, 6) is -2.59. The maximum Gasteiger partial charge on any atom is 0.326 e. The molecule has 1 aromatic carbocycles. The minimum Gasteiger partial charge on any atom is -0.480 e. The van der Waals surface area contributed by atoms with Gasteiger partial charge < -0.3 is 21.5 Å². The molecule has 0 bridgehead atoms. The maximum atomic E-state index is 12.4. The lowest BCUT2D eigenvalue weighted by Crippen LogP contribution is -2.51. The van der Waals surface area contributed by atoms with Crippen LogP contribution in [0.2, 0.25) is 0 Å². The predicted molar refractivity (Wildman–Crippen MR) is 92.1 cm³/mol. The molecule has 0 aromatic heterocycles. The van der Waals surface area contributed by atoms with Crippen molar-refractivity contribution in [3.63, 3.8) is 0 Å². The van der Waals surface area contributed by atoms with Gasteiger partial charge in [0, 0.05) is 12.0 Å². The third kappa shape index (κ3) is 5.68. The molecule has 136 valence electrons. The molecule has 8 heteroatoms. The third-order valence-electron chi connectivity index (χ3n) is 4.01. The van der Waals surface area contributed by atoms with E-state index in [0.29, 0.717) is 12.8 Å². The van der Waals surface area contributed by atoms with E-state index in [9.17, 15) is 24.3 Å². The Morgan fingerprint density at radius 2 is 1.92 bits per heavy atom. The Labute approximate surface area is 145 Å². The zero-order valence-electron chi connectivity index (χ0n) is 14.2. The van der Waals surface area contributed by atoms with Crippen molar-refractivity contribution in [2.75, 3.05) is 5.32 Å². The first-order chi connectivity index (χ1) is 11.8. The molecule has 0 aliphatic carbocycles. The Balaban J connectivity index is 2.88. The second-order valence-corrected chi connectivity index (χ2v) is 5.75. The highest BCUT2D eigenvalue weighted by atomic mass is 16.4. The van der Waals surface area contributed by atoms with Crippen molar-refractivity contribution in [2.24, 2.45) is 11.7 Å². The van der Waals surface area contributed by atoms with E-state index in [0.717, 1.165) is 0 Å². The Kier molecular flexibility index (Phi) is 7.74. The molecule has 0 aliphatic heterocycles. The van der Waals surface area contributed by atoms with Crippen molar-refractivity contribution in [3.05, 3.63) is 29.8 Å². The lowest BCUT2D eigenvalue weighted by atomic mass is 9.98. The summed E-state index contributed by atoms with van der Waals surface area (Å²) >= 11 is 0. The monoisotopic (exact) mass is 349 g/mol. The predicted octanol–water partition coefficient (Wildman–Crippen LogP) is 0.770. The van der Waals surface area contributed by atoms with Crippen LogP contribution in [0.25, 0.3) is 0 Å². The highest BCUT2D eigenvalue weighted by Gasteiger charge is 2.28. The first-order valence-electron chi connectivity index (χ1n) is 7.92. The molecule has 0 heterocycles. The molecule has 1 aromatic rings. The van der Waals surface area contributed by atoms with Gasteiger partial charge in [-0.05, 0) is 18.1 Å². The summed E-state index contributed by atoms with van der Waals surface area (Å²) in [6.45, 7) is 3.65. The van der Waals surface area contributed by atoms with Crippen LogP contribution in [0.5, 0.6) is 0 Å². The van der Waals surface area contributed by atoms with Gasteiger partial charge in [-0.25, -0.2) is 4.79 Å². The van der Waals surface area contributed by atoms with Crippen LogP contribution in [0.15, 0.2) is 24.3 Å². The summed E-state index contributed by atoms with van der Waals surface area (Å²) in [4.78, 5) is 46.5. The second-order valence-electron chi connectivity index (χ2n) is 5.75. The Hall–Kier alpha value is -2.74. The third-order valence-corrected chi connectivity index (χ3v) is 4.01. The topological polar surface area (TPSA) is 139 Å². The molecule has 0 saturated heterocycles. The molecule has 0 saturated carbocycles. The quantitative estimate of drug-likeness (QED) is 0.363. The van der Waals surface area contributed by atoms with Gasteiger partial charge in [-0.2, -0.15) is 0 Å². The number of carboxylic acids is 1. The number of carbonyl (C=O) groups is 4. The van der Waals surface area contributed by atoms with E-state index in [2.05, 4.69) is 10.6 Å². The largest absolute Gasteiger partial charge is 0.480 e. The molecule has 3 unspecified atom stereocenters. The van der Waals surface area contributed by atoms with E-state index in [4.69, 9.17) is 5.73 Å². The number of anilines is 1. The number of ketones is 1. The smallest absolute Gasteiger partial charge is 0.326 e. The van der Waals surface area contributed by atoms with Gasteiger partial charge in [-0.15, -0.1) is 0 Å². The molecule has 1 rings (SSSR count). The van der Waals surface area contributed by atoms with Gasteiger partial charge in [0.25, 0.3) is 0 Å². The Bertz CT molecular complexity index is 647. The Morgan fingerprint density at radius 1 is 1.28 bits per heavy atom. The zero-order valence-corrected chi connectivity index (χ0v) is 14.2. The van der Waals surface area contributed by atoms with Crippen molar-refractivity contribution in [2.45, 2.75) is 38.8 Å². The van der Waals surface area contributed by atoms with E-state index in [1.165, 1.54) is 12.1 Å². The van der Waals surface area contributed by atoms with Crippen LogP contribution in [0.4, 0.5) is 5.69 Å². The number of aliphatic carboxylic acids is 1. The van der Waals surface area contributed by atoms with E-state index in [1.807, 2.05) is 6.92 Å². The summed E-state index contributed by atoms with van der Waals surface area (Å²) in [6, 6.07) is 3.96. The van der Waals surface area contributed by atoms with Crippen LogP contribution in [-0.4, -0.2) is 41.3 Å². The van der Waals surface area contributed by atoms with E-state index in [1.54, 1.807) is 19.1 Å². The average molecular weight is 349 g/mol. The molecule has 8 nitrogen and oxygen atoms in total. The molecular formula is C17H23N3O5. The van der Waals surface area contributed by atoms with Crippen molar-refractivity contribution in [1.29, 1.82) is 0 Å². The summed E-state index contributed by atoms with van der Waals surface area (Å²) < 4.78 is 0. The minimum absolute atomic E-state index is 0.123. The highest BCUT2D eigenvalue weighted by molar-refractivity contribution is 6.04. The number of para-hydroxylation sites is 1. The van der Waals surface area contributed by atoms with Crippen molar-refractivity contribution >= 4 is 29.8 Å². The number of benzene rings is 1. The van der Waals surface area contributed by atoms with Gasteiger partial charge in [0.1, 0.15) is 6.04 Å². The first kappa shape index (κ1) is 20.3. The fourth-order valence-corrected chi connectivity index (χ4v) is 2.19. The lowest BCUT2D eigenvalue weighted by Gasteiger charge is -2.21. The molecule has 5 N–H and O–H groups in total. The van der Waals surface area contributed by atoms with Crippen LogP contribution in [0.3, 0.4) is 0 Å². The fourth-order valence-electron chi connectivity index (χ4n) is 2.19. The Morgan fingerprint density at radius 3 is 2.48 bits per heavy atom. The number of carboxylic acid groups (broad SMARTS) is 1. The van der Waals surface area contributed by atoms with Crippen LogP contribution in [0, 0.1) is 5.92 Å². The number of rotatable bonds is 10. The molecule has 0 aliphatic rings. The number of nitrogens with one attached hydrogen (secondary N) is 2. The molecule has 3 atom stereocenters. The number of nitrogens with two attached hydrogens (primary N) is 1. The molecule has 2 amide bonds. The van der Waals surface area contributed by atoms with Gasteiger partial charge in [0.2, 0.25) is 12.3 Å². The van der Waals surface area contributed by atoms with Gasteiger partial charge >= 0.3 is 5.97 Å². The summed E-state index contributed by atoms with van der Waals surface area (Å²) in [6.07, 6.45) is 0.634. The molecule has 0 fully saturated rings. The van der Waals surface area contributed by atoms with E-state index >= 15 is 0 Å². The van der Waals surface area contributed by atoms with Crippen LogP contribution in [0.1, 0.15) is 37.0 Å². The van der Waals surface area contributed by atoms with Crippen LogP contribution >= 0.6 is 0 Å².